The molecule has 5 heteroatoms. The number of alkyl halides is 1. The van der Waals surface area contributed by atoms with Crippen molar-refractivity contribution in [3.8, 4) is 5.75 Å². The summed E-state index contributed by atoms with van der Waals surface area (Å²) in [5.74, 6) is 0.363. The molecule has 0 unspecified atom stereocenters. The molecule has 1 aliphatic heterocycles. The molecule has 0 spiro atoms. The number of phenolic OH excluding ortho intramolecular Hbond substituents is 1. The average Bonchev–Trinajstić information content (AvgIpc) is 2.85. The summed E-state index contributed by atoms with van der Waals surface area (Å²) in [6.07, 6.45) is 3.66. The van der Waals surface area contributed by atoms with E-state index >= 15 is 0 Å². The second-order valence-corrected chi connectivity index (χ2v) is 8.56. The van der Waals surface area contributed by atoms with Crippen molar-refractivity contribution in [1.82, 2.24) is 0 Å². The molecule has 1 heterocycles. The van der Waals surface area contributed by atoms with Gasteiger partial charge in [-0.05, 0) is 70.1 Å². The van der Waals surface area contributed by atoms with Crippen molar-refractivity contribution in [2.45, 2.75) is 70.3 Å². The van der Waals surface area contributed by atoms with Gasteiger partial charge in [0, 0.05) is 23.9 Å². The Hall–Kier alpha value is -1.42. The average molecular weight is 352 g/mol. The van der Waals surface area contributed by atoms with E-state index in [1.807, 2.05) is 27.7 Å². The lowest BCUT2D eigenvalue weighted by Crippen LogP contribution is -2.36. The fourth-order valence-electron chi connectivity index (χ4n) is 3.82. The summed E-state index contributed by atoms with van der Waals surface area (Å²) in [6.45, 7) is 8.04. The molecular weight excluding hydrogens is 326 g/mol. The van der Waals surface area contributed by atoms with Gasteiger partial charge in [-0.15, -0.1) is 11.6 Å². The Labute approximate surface area is 148 Å². The van der Waals surface area contributed by atoms with Crippen LogP contribution in [0.5, 0.6) is 5.75 Å². The molecule has 24 heavy (non-hydrogen) atoms. The number of halogens is 1. The number of fused-ring (bicyclic) bond motifs is 3. The first kappa shape index (κ1) is 17.4. The maximum absolute atomic E-state index is 12.7. The number of phenols is 1. The molecule has 1 N–H and O–H groups in total. The molecule has 0 saturated heterocycles. The largest absolute Gasteiger partial charge is 0.508 e. The van der Waals surface area contributed by atoms with Crippen LogP contribution in [0.4, 0.5) is 10.5 Å². The lowest BCUT2D eigenvalue weighted by Gasteiger charge is -2.26. The maximum Gasteiger partial charge on any atom is 0.414 e. The smallest absolute Gasteiger partial charge is 0.414 e. The molecule has 1 aromatic rings. The third-order valence-corrected chi connectivity index (χ3v) is 5.16. The van der Waals surface area contributed by atoms with Crippen molar-refractivity contribution in [1.29, 1.82) is 0 Å². The number of hydrogen-bond donors (Lipinski definition) is 1. The third kappa shape index (κ3) is 3.08. The van der Waals surface area contributed by atoms with E-state index < -0.39 is 5.60 Å². The Kier molecular flexibility index (Phi) is 4.45. The predicted molar refractivity (Wildman–Crippen MR) is 96.4 cm³/mol. The quantitative estimate of drug-likeness (QED) is 0.743. The van der Waals surface area contributed by atoms with Gasteiger partial charge in [-0.3, -0.25) is 4.90 Å². The van der Waals surface area contributed by atoms with Gasteiger partial charge in [0.15, 0.2) is 0 Å². The van der Waals surface area contributed by atoms with Gasteiger partial charge in [0.05, 0.1) is 5.69 Å². The zero-order chi connectivity index (χ0) is 17.6. The molecule has 3 rings (SSSR count). The monoisotopic (exact) mass is 351 g/mol. The highest BCUT2D eigenvalue weighted by molar-refractivity contribution is 6.21. The van der Waals surface area contributed by atoms with E-state index in [2.05, 4.69) is 0 Å². The van der Waals surface area contributed by atoms with Crippen molar-refractivity contribution >= 4 is 23.4 Å². The van der Waals surface area contributed by atoms with Gasteiger partial charge >= 0.3 is 6.09 Å². The second-order valence-electron chi connectivity index (χ2n) is 7.87. The number of anilines is 1. The van der Waals surface area contributed by atoms with Gasteiger partial charge in [-0.1, -0.05) is 0 Å². The summed E-state index contributed by atoms with van der Waals surface area (Å²) < 4.78 is 5.55. The highest BCUT2D eigenvalue weighted by Gasteiger charge is 2.40. The molecular formula is C19H26ClNO3. The minimum Gasteiger partial charge on any atom is -0.508 e. The van der Waals surface area contributed by atoms with Gasteiger partial charge in [0.25, 0.3) is 0 Å². The van der Waals surface area contributed by atoms with E-state index in [0.717, 1.165) is 42.5 Å². The molecule has 0 saturated carbocycles. The molecule has 1 aliphatic carbocycles. The van der Waals surface area contributed by atoms with Gasteiger partial charge in [0.1, 0.15) is 11.4 Å². The summed E-state index contributed by atoms with van der Waals surface area (Å²) in [6, 6.07) is 1.72. The van der Waals surface area contributed by atoms with E-state index in [1.165, 1.54) is 5.56 Å². The van der Waals surface area contributed by atoms with Crippen molar-refractivity contribution < 1.29 is 14.6 Å². The van der Waals surface area contributed by atoms with E-state index in [9.17, 15) is 9.90 Å². The molecule has 2 aliphatic rings. The molecule has 0 fully saturated rings. The zero-order valence-electron chi connectivity index (χ0n) is 14.9. The van der Waals surface area contributed by atoms with Gasteiger partial charge in [-0.25, -0.2) is 4.79 Å². The lowest BCUT2D eigenvalue weighted by atomic mass is 9.83. The first-order chi connectivity index (χ1) is 11.2. The number of carbonyl (C=O) groups is 1. The summed E-state index contributed by atoms with van der Waals surface area (Å²) in [5.41, 5.74) is 3.57. The minimum absolute atomic E-state index is 0.0710. The first-order valence-electron chi connectivity index (χ1n) is 8.71. The van der Waals surface area contributed by atoms with E-state index in [0.29, 0.717) is 12.3 Å². The standard InChI is InChI=1S/C19H26ClNO3/c1-11(20)14-10-21(18(23)24-19(2,3)4)15-9-16(22)12-7-5-6-8-13(12)17(14)15/h9,11,14,22H,5-8,10H2,1-4H3/t11-,14-/m0/s1. The third-order valence-electron chi connectivity index (χ3n) is 4.86. The molecule has 1 amide bonds. The normalized spacial score (nSPS) is 21.2. The van der Waals surface area contributed by atoms with Crippen LogP contribution in [0.2, 0.25) is 0 Å². The Morgan fingerprint density at radius 1 is 1.33 bits per heavy atom. The molecule has 0 bridgehead atoms. The topological polar surface area (TPSA) is 49.8 Å². The molecule has 4 nitrogen and oxygen atoms in total. The van der Waals surface area contributed by atoms with Crippen molar-refractivity contribution in [2.24, 2.45) is 0 Å². The number of amides is 1. The fraction of sp³-hybridized carbons (Fsp3) is 0.632. The van der Waals surface area contributed by atoms with Crippen molar-refractivity contribution in [3.63, 3.8) is 0 Å². The molecule has 0 radical (unpaired) electrons. The Morgan fingerprint density at radius 3 is 2.54 bits per heavy atom. The SMILES string of the molecule is C[C@H](Cl)[C@@H]1CN(C(=O)OC(C)(C)C)c2cc(O)c3c(c21)CCCC3. The van der Waals surface area contributed by atoms with Crippen molar-refractivity contribution in [2.75, 3.05) is 11.4 Å². The first-order valence-corrected chi connectivity index (χ1v) is 9.15. The van der Waals surface area contributed by atoms with Crippen LogP contribution in [0.25, 0.3) is 0 Å². The number of ether oxygens (including phenoxy) is 1. The number of aromatic hydroxyl groups is 1. The van der Waals surface area contributed by atoms with Crippen LogP contribution in [0.1, 0.15) is 63.1 Å². The molecule has 1 aromatic carbocycles. The highest BCUT2D eigenvalue weighted by atomic mass is 35.5. The van der Waals surface area contributed by atoms with Crippen LogP contribution in [-0.2, 0) is 17.6 Å². The summed E-state index contributed by atoms with van der Waals surface area (Å²) >= 11 is 6.46. The number of rotatable bonds is 1. The Morgan fingerprint density at radius 2 is 1.96 bits per heavy atom. The van der Waals surface area contributed by atoms with E-state index in [4.69, 9.17) is 16.3 Å². The summed E-state index contributed by atoms with van der Waals surface area (Å²) in [4.78, 5) is 14.3. The van der Waals surface area contributed by atoms with E-state index in [-0.39, 0.29) is 17.4 Å². The molecule has 132 valence electrons. The van der Waals surface area contributed by atoms with Crippen LogP contribution in [0.15, 0.2) is 6.07 Å². The maximum atomic E-state index is 12.7. The number of carbonyl (C=O) groups excluding carboxylic acids is 1. The van der Waals surface area contributed by atoms with Crippen LogP contribution in [0.3, 0.4) is 0 Å². The number of benzene rings is 1. The molecule has 0 aromatic heterocycles. The second kappa shape index (κ2) is 6.14. The minimum atomic E-state index is -0.557. The molecule has 2 atom stereocenters. The van der Waals surface area contributed by atoms with Gasteiger partial charge < -0.3 is 9.84 Å². The van der Waals surface area contributed by atoms with Crippen LogP contribution in [-0.4, -0.2) is 28.7 Å². The zero-order valence-corrected chi connectivity index (χ0v) is 15.6. The summed E-state index contributed by atoms with van der Waals surface area (Å²) in [7, 11) is 0. The fourth-order valence-corrected chi connectivity index (χ4v) is 4.03. The van der Waals surface area contributed by atoms with Crippen LogP contribution >= 0.6 is 11.6 Å². The predicted octanol–water partition coefficient (Wildman–Crippen LogP) is 4.74. The van der Waals surface area contributed by atoms with Gasteiger partial charge in [-0.2, -0.15) is 0 Å². The lowest BCUT2D eigenvalue weighted by molar-refractivity contribution is 0.0582. The van der Waals surface area contributed by atoms with Crippen LogP contribution < -0.4 is 4.90 Å². The Balaban J connectivity index is 2.07. The van der Waals surface area contributed by atoms with Crippen molar-refractivity contribution in [3.05, 3.63) is 22.8 Å². The highest BCUT2D eigenvalue weighted by Crippen LogP contribution is 2.48. The Bertz CT molecular complexity index is 664. The van der Waals surface area contributed by atoms with Gasteiger partial charge in [0.2, 0.25) is 0 Å². The number of nitrogens with zero attached hydrogens (tertiary/aromatic N) is 1. The van der Waals surface area contributed by atoms with Crippen LogP contribution in [0, 0.1) is 0 Å². The number of hydrogen-bond acceptors (Lipinski definition) is 3. The van der Waals surface area contributed by atoms with E-state index in [1.54, 1.807) is 11.0 Å². The summed E-state index contributed by atoms with van der Waals surface area (Å²) in [5, 5.41) is 10.4.